The second-order valence-corrected chi connectivity index (χ2v) is 10.4. The number of para-hydroxylation sites is 1. The third-order valence-electron chi connectivity index (χ3n) is 7.00. The minimum Gasteiger partial charge on any atom is -0.368 e. The molecule has 0 N–H and O–H groups in total. The van der Waals surface area contributed by atoms with Gasteiger partial charge in [0.1, 0.15) is 6.54 Å². The zero-order chi connectivity index (χ0) is 27.7. The van der Waals surface area contributed by atoms with E-state index in [1.165, 1.54) is 12.1 Å². The van der Waals surface area contributed by atoms with Crippen LogP contribution in [0.4, 0.5) is 16.2 Å². The number of piperazine rings is 1. The topological polar surface area (TPSA) is 109 Å². The van der Waals surface area contributed by atoms with E-state index in [-0.39, 0.29) is 23.0 Å². The average Bonchev–Trinajstić information content (AvgIpc) is 3.37. The van der Waals surface area contributed by atoms with Gasteiger partial charge in [-0.3, -0.25) is 29.4 Å². The molecule has 0 spiro atoms. The number of imide groups is 1. The Hall–Kier alpha value is -4.38. The van der Waals surface area contributed by atoms with Crippen LogP contribution in [0.1, 0.15) is 17.0 Å². The summed E-state index contributed by atoms with van der Waals surface area (Å²) in [5.41, 5.74) is 4.30. The van der Waals surface area contributed by atoms with E-state index in [9.17, 15) is 24.5 Å². The molecule has 5 rings (SSSR count). The van der Waals surface area contributed by atoms with Crippen molar-refractivity contribution in [2.24, 2.45) is 0 Å². The number of amides is 3. The van der Waals surface area contributed by atoms with Crippen LogP contribution in [0.2, 0.25) is 0 Å². The van der Waals surface area contributed by atoms with Crippen LogP contribution in [0, 0.1) is 24.0 Å². The fourth-order valence-corrected chi connectivity index (χ4v) is 5.75. The van der Waals surface area contributed by atoms with Crippen molar-refractivity contribution in [1.29, 1.82) is 0 Å². The average molecular weight is 546 g/mol. The molecular weight excluding hydrogens is 518 g/mol. The third-order valence-corrected chi connectivity index (χ3v) is 7.90. The zero-order valence-corrected chi connectivity index (χ0v) is 22.4. The monoisotopic (exact) mass is 545 g/mol. The molecule has 0 saturated carbocycles. The van der Waals surface area contributed by atoms with Gasteiger partial charge in [-0.1, -0.05) is 18.2 Å². The number of nitrogens with zero attached hydrogens (tertiary/aromatic N) is 5. The van der Waals surface area contributed by atoms with Gasteiger partial charge in [-0.15, -0.1) is 0 Å². The summed E-state index contributed by atoms with van der Waals surface area (Å²) in [4.78, 5) is 54.5. The van der Waals surface area contributed by atoms with Crippen molar-refractivity contribution in [3.05, 3.63) is 92.6 Å². The number of benzene rings is 2. The van der Waals surface area contributed by atoms with Crippen LogP contribution in [0.25, 0.3) is 11.8 Å². The number of hydrogen-bond donors (Lipinski definition) is 0. The molecule has 39 heavy (non-hydrogen) atoms. The molecule has 2 aromatic carbocycles. The van der Waals surface area contributed by atoms with Gasteiger partial charge in [0.15, 0.2) is 0 Å². The molecule has 0 unspecified atom stereocenters. The lowest BCUT2D eigenvalue weighted by Gasteiger charge is -2.36. The van der Waals surface area contributed by atoms with E-state index in [1.807, 2.05) is 54.8 Å². The van der Waals surface area contributed by atoms with Gasteiger partial charge in [0, 0.05) is 61.1 Å². The van der Waals surface area contributed by atoms with Crippen LogP contribution in [-0.2, 0) is 9.59 Å². The lowest BCUT2D eigenvalue weighted by molar-refractivity contribution is -0.384. The molecule has 2 aliphatic heterocycles. The molecule has 3 heterocycles. The molecule has 3 amide bonds. The van der Waals surface area contributed by atoms with E-state index >= 15 is 0 Å². The number of anilines is 1. The lowest BCUT2D eigenvalue weighted by atomic mass is 10.2. The van der Waals surface area contributed by atoms with E-state index in [0.717, 1.165) is 45.0 Å². The number of nitro benzene ring substituents is 1. The number of carbonyl (C=O) groups excluding carboxylic acids is 3. The SMILES string of the molecule is Cc1cc(/C=C2\SC(=O)N(CC(=O)N3CCN(c4ccccc4)CC3)C2=O)c(C)n1-c1ccc([N+](=O)[O-])cc1. The Labute approximate surface area is 229 Å². The van der Waals surface area contributed by atoms with Crippen LogP contribution in [0.15, 0.2) is 65.6 Å². The standard InChI is InChI=1S/C28H27N5O5S/c1-19-16-21(20(2)32(19)23-8-10-24(11-9-23)33(37)38)17-25-27(35)31(28(36)39-25)18-26(34)30-14-12-29(13-15-30)22-6-4-3-5-7-22/h3-11,16-17H,12-15,18H2,1-2H3/b25-17-. The van der Waals surface area contributed by atoms with Gasteiger partial charge < -0.3 is 14.4 Å². The van der Waals surface area contributed by atoms with Crippen LogP contribution in [0.3, 0.4) is 0 Å². The van der Waals surface area contributed by atoms with Crippen LogP contribution < -0.4 is 4.90 Å². The summed E-state index contributed by atoms with van der Waals surface area (Å²) in [6.45, 7) is 5.90. The Kier molecular flexibility index (Phi) is 7.25. The Bertz CT molecular complexity index is 1470. The Morgan fingerprint density at radius 1 is 0.974 bits per heavy atom. The first kappa shape index (κ1) is 26.2. The second-order valence-electron chi connectivity index (χ2n) is 9.41. The molecule has 0 bridgehead atoms. The van der Waals surface area contributed by atoms with E-state index in [0.29, 0.717) is 26.2 Å². The minimum absolute atomic E-state index is 0.00253. The van der Waals surface area contributed by atoms with Gasteiger partial charge in [0.05, 0.1) is 9.83 Å². The first-order chi connectivity index (χ1) is 18.7. The number of nitro groups is 1. The van der Waals surface area contributed by atoms with Crippen molar-refractivity contribution < 1.29 is 19.3 Å². The first-order valence-corrected chi connectivity index (χ1v) is 13.3. The molecule has 0 atom stereocenters. The molecule has 2 aliphatic rings. The van der Waals surface area contributed by atoms with Crippen molar-refractivity contribution in [2.75, 3.05) is 37.6 Å². The number of hydrogen-bond acceptors (Lipinski definition) is 7. The summed E-state index contributed by atoms with van der Waals surface area (Å²) in [6.07, 6.45) is 1.66. The predicted molar refractivity (Wildman–Crippen MR) is 150 cm³/mol. The Morgan fingerprint density at radius 3 is 2.28 bits per heavy atom. The van der Waals surface area contributed by atoms with Crippen LogP contribution >= 0.6 is 11.8 Å². The van der Waals surface area contributed by atoms with Gasteiger partial charge in [-0.05, 0) is 67.6 Å². The highest BCUT2D eigenvalue weighted by Gasteiger charge is 2.37. The molecule has 0 radical (unpaired) electrons. The number of carbonyl (C=O) groups is 3. The van der Waals surface area contributed by atoms with E-state index < -0.39 is 16.1 Å². The largest absolute Gasteiger partial charge is 0.368 e. The third kappa shape index (κ3) is 5.30. The Balaban J connectivity index is 1.26. The summed E-state index contributed by atoms with van der Waals surface area (Å²) < 4.78 is 1.93. The number of rotatable bonds is 6. The Morgan fingerprint density at radius 2 is 1.64 bits per heavy atom. The number of non-ortho nitro benzene ring substituents is 1. The minimum atomic E-state index is -0.485. The molecule has 0 aliphatic carbocycles. The summed E-state index contributed by atoms with van der Waals surface area (Å²) in [5.74, 6) is -0.732. The number of aromatic nitrogens is 1. The molecule has 10 nitrogen and oxygen atoms in total. The quantitative estimate of drug-likeness (QED) is 0.257. The van der Waals surface area contributed by atoms with Crippen molar-refractivity contribution in [3.63, 3.8) is 0 Å². The maximum absolute atomic E-state index is 13.1. The van der Waals surface area contributed by atoms with Crippen LogP contribution in [-0.4, -0.2) is 69.1 Å². The zero-order valence-electron chi connectivity index (χ0n) is 21.6. The summed E-state index contributed by atoms with van der Waals surface area (Å²) in [7, 11) is 0. The number of aryl methyl sites for hydroxylation is 1. The second kappa shape index (κ2) is 10.8. The normalized spacial score (nSPS) is 16.9. The maximum Gasteiger partial charge on any atom is 0.294 e. The fraction of sp³-hybridized carbons (Fsp3) is 0.250. The highest BCUT2D eigenvalue weighted by atomic mass is 32.2. The van der Waals surface area contributed by atoms with Crippen molar-refractivity contribution in [1.82, 2.24) is 14.4 Å². The van der Waals surface area contributed by atoms with Gasteiger partial charge in [-0.2, -0.15) is 0 Å². The number of thioether (sulfide) groups is 1. The summed E-state index contributed by atoms with van der Waals surface area (Å²) >= 11 is 0.823. The summed E-state index contributed by atoms with van der Waals surface area (Å²) in [6, 6.07) is 18.1. The van der Waals surface area contributed by atoms with Crippen LogP contribution in [0.5, 0.6) is 0 Å². The van der Waals surface area contributed by atoms with E-state index in [1.54, 1.807) is 23.1 Å². The predicted octanol–water partition coefficient (Wildman–Crippen LogP) is 4.39. The highest BCUT2D eigenvalue weighted by Crippen LogP contribution is 2.34. The molecule has 11 heteroatoms. The van der Waals surface area contributed by atoms with Gasteiger partial charge in [0.25, 0.3) is 16.8 Å². The fourth-order valence-electron chi connectivity index (χ4n) is 4.92. The molecule has 3 aromatic rings. The van der Waals surface area contributed by atoms with E-state index in [2.05, 4.69) is 4.90 Å². The van der Waals surface area contributed by atoms with Crippen molar-refractivity contribution in [2.45, 2.75) is 13.8 Å². The molecule has 1 aromatic heterocycles. The van der Waals surface area contributed by atoms with E-state index in [4.69, 9.17) is 0 Å². The lowest BCUT2D eigenvalue weighted by Crippen LogP contribution is -2.51. The molecule has 2 fully saturated rings. The first-order valence-electron chi connectivity index (χ1n) is 12.5. The summed E-state index contributed by atoms with van der Waals surface area (Å²) in [5, 5.41) is 10.5. The van der Waals surface area contributed by atoms with Crippen molar-refractivity contribution in [3.8, 4) is 5.69 Å². The van der Waals surface area contributed by atoms with Gasteiger partial charge >= 0.3 is 0 Å². The maximum atomic E-state index is 13.1. The molecule has 2 saturated heterocycles. The van der Waals surface area contributed by atoms with Gasteiger partial charge in [-0.25, -0.2) is 0 Å². The molecule has 200 valence electrons. The van der Waals surface area contributed by atoms with Gasteiger partial charge in [0.2, 0.25) is 5.91 Å². The molecular formula is C28H27N5O5S. The highest BCUT2D eigenvalue weighted by molar-refractivity contribution is 8.18. The smallest absolute Gasteiger partial charge is 0.294 e. The van der Waals surface area contributed by atoms with Crippen molar-refractivity contribution >= 4 is 46.3 Å².